The van der Waals surface area contributed by atoms with E-state index in [0.29, 0.717) is 19.5 Å². The predicted molar refractivity (Wildman–Crippen MR) is 84.8 cm³/mol. The van der Waals surface area contributed by atoms with Crippen LogP contribution in [0, 0.1) is 23.1 Å². The molecule has 1 aromatic carbocycles. The largest absolute Gasteiger partial charge is 0.369 e. The van der Waals surface area contributed by atoms with E-state index in [0.717, 1.165) is 24.8 Å². The van der Waals surface area contributed by atoms with Gasteiger partial charge in [0.2, 0.25) is 11.8 Å². The lowest BCUT2D eigenvalue weighted by Gasteiger charge is -2.43. The number of likely N-dealkylation sites (tertiary alicyclic amines) is 1. The molecule has 4 nitrogen and oxygen atoms in total. The van der Waals surface area contributed by atoms with Gasteiger partial charge in [-0.15, -0.1) is 0 Å². The molecule has 2 fully saturated rings. The summed E-state index contributed by atoms with van der Waals surface area (Å²) >= 11 is 0. The number of carbonyl (C=O) groups excluding carboxylic acids is 2. The molecule has 124 valence electrons. The summed E-state index contributed by atoms with van der Waals surface area (Å²) in [6.07, 6.45) is 3.24. The number of hydrogen-bond acceptors (Lipinski definition) is 2. The zero-order valence-corrected chi connectivity index (χ0v) is 13.4. The summed E-state index contributed by atoms with van der Waals surface area (Å²) in [6.45, 7) is 2.96. The van der Waals surface area contributed by atoms with Crippen LogP contribution in [0.3, 0.4) is 0 Å². The fraction of sp³-hybridized carbons (Fsp3) is 0.556. The van der Waals surface area contributed by atoms with E-state index in [4.69, 9.17) is 5.73 Å². The Morgan fingerprint density at radius 1 is 1.35 bits per heavy atom. The molecule has 1 aromatic rings. The van der Waals surface area contributed by atoms with E-state index >= 15 is 0 Å². The lowest BCUT2D eigenvalue weighted by Crippen LogP contribution is -2.48. The first-order valence-electron chi connectivity index (χ1n) is 8.24. The summed E-state index contributed by atoms with van der Waals surface area (Å²) < 4.78 is 13.4. The Kier molecular flexibility index (Phi) is 4.13. The maximum atomic E-state index is 13.4. The zero-order valence-electron chi connectivity index (χ0n) is 13.4. The summed E-state index contributed by atoms with van der Waals surface area (Å²) in [5.74, 6) is -0.662. The Labute approximate surface area is 135 Å². The third-order valence-electron chi connectivity index (χ3n) is 5.46. The highest BCUT2D eigenvalue weighted by molar-refractivity contribution is 5.86. The summed E-state index contributed by atoms with van der Waals surface area (Å²) in [5.41, 5.74) is 5.86. The van der Waals surface area contributed by atoms with Crippen molar-refractivity contribution in [1.82, 2.24) is 4.90 Å². The third kappa shape index (κ3) is 2.96. The van der Waals surface area contributed by atoms with Gasteiger partial charge in [-0.3, -0.25) is 9.59 Å². The molecule has 1 aliphatic heterocycles. The standard InChI is InChI=1S/C18H23FN2O2/c1-12-10-21(11-15(12)16(20)22)17(23)18(6-3-7-18)9-13-4-2-5-14(19)8-13/h2,4-5,8,12,15H,3,6-7,9-11H2,1H3,(H2,20,22)/t12-,15-/m1/s1. The van der Waals surface area contributed by atoms with Crippen LogP contribution < -0.4 is 5.73 Å². The second-order valence-corrected chi connectivity index (χ2v) is 7.14. The number of hydrogen-bond donors (Lipinski definition) is 1. The molecule has 0 unspecified atom stereocenters. The molecule has 1 saturated heterocycles. The first-order chi connectivity index (χ1) is 10.9. The van der Waals surface area contributed by atoms with E-state index in [1.165, 1.54) is 12.1 Å². The van der Waals surface area contributed by atoms with Crippen LogP contribution in [0.4, 0.5) is 4.39 Å². The highest BCUT2D eigenvalue weighted by Gasteiger charge is 2.48. The Morgan fingerprint density at radius 2 is 2.09 bits per heavy atom. The lowest BCUT2D eigenvalue weighted by atomic mass is 9.64. The van der Waals surface area contributed by atoms with E-state index in [9.17, 15) is 14.0 Å². The number of primary amides is 1. The minimum absolute atomic E-state index is 0.0998. The maximum absolute atomic E-state index is 13.4. The number of nitrogens with two attached hydrogens (primary N) is 1. The highest BCUT2D eigenvalue weighted by Crippen LogP contribution is 2.46. The van der Waals surface area contributed by atoms with Crippen molar-refractivity contribution >= 4 is 11.8 Å². The van der Waals surface area contributed by atoms with Crippen molar-refractivity contribution in [3.05, 3.63) is 35.6 Å². The van der Waals surface area contributed by atoms with Crippen LogP contribution >= 0.6 is 0 Å². The number of rotatable bonds is 4. The molecule has 2 aliphatic rings. The van der Waals surface area contributed by atoms with Crippen LogP contribution in [0.25, 0.3) is 0 Å². The Bertz CT molecular complexity index is 627. The third-order valence-corrected chi connectivity index (χ3v) is 5.46. The summed E-state index contributed by atoms with van der Waals surface area (Å²) in [7, 11) is 0. The molecule has 0 spiro atoms. The zero-order chi connectivity index (χ0) is 16.6. The van der Waals surface area contributed by atoms with Gasteiger partial charge in [0, 0.05) is 13.1 Å². The Balaban J connectivity index is 1.75. The maximum Gasteiger partial charge on any atom is 0.229 e. The Morgan fingerprint density at radius 3 is 2.61 bits per heavy atom. The number of carbonyl (C=O) groups is 2. The quantitative estimate of drug-likeness (QED) is 0.924. The molecular weight excluding hydrogens is 295 g/mol. The van der Waals surface area contributed by atoms with E-state index < -0.39 is 5.41 Å². The van der Waals surface area contributed by atoms with Gasteiger partial charge in [0.05, 0.1) is 11.3 Å². The fourth-order valence-corrected chi connectivity index (χ4v) is 3.95. The lowest BCUT2D eigenvalue weighted by molar-refractivity contribution is -0.146. The second kappa shape index (κ2) is 5.95. The number of halogens is 1. The van der Waals surface area contributed by atoms with Crippen molar-refractivity contribution < 1.29 is 14.0 Å². The van der Waals surface area contributed by atoms with E-state index in [1.807, 2.05) is 13.0 Å². The summed E-state index contributed by atoms with van der Waals surface area (Å²) in [5, 5.41) is 0. The average molecular weight is 318 g/mol. The van der Waals surface area contributed by atoms with Crippen molar-refractivity contribution in [2.75, 3.05) is 13.1 Å². The highest BCUT2D eigenvalue weighted by atomic mass is 19.1. The number of benzene rings is 1. The molecule has 23 heavy (non-hydrogen) atoms. The molecule has 2 N–H and O–H groups in total. The van der Waals surface area contributed by atoms with Crippen molar-refractivity contribution in [2.24, 2.45) is 23.0 Å². The Hall–Kier alpha value is -1.91. The van der Waals surface area contributed by atoms with Gasteiger partial charge in [-0.25, -0.2) is 4.39 Å². The van der Waals surface area contributed by atoms with Gasteiger partial charge < -0.3 is 10.6 Å². The SMILES string of the molecule is C[C@@H]1CN(C(=O)C2(Cc3cccc(F)c3)CCC2)C[C@H]1C(N)=O. The van der Waals surface area contributed by atoms with Crippen LogP contribution in [-0.4, -0.2) is 29.8 Å². The van der Waals surface area contributed by atoms with Gasteiger partial charge in [-0.05, 0) is 42.9 Å². The molecule has 0 radical (unpaired) electrons. The minimum atomic E-state index is -0.431. The minimum Gasteiger partial charge on any atom is -0.369 e. The number of amides is 2. The second-order valence-electron chi connectivity index (χ2n) is 7.14. The molecule has 1 aliphatic carbocycles. The van der Waals surface area contributed by atoms with Gasteiger partial charge in [-0.2, -0.15) is 0 Å². The molecule has 0 bridgehead atoms. The van der Waals surface area contributed by atoms with Gasteiger partial charge in [0.1, 0.15) is 5.82 Å². The molecule has 1 saturated carbocycles. The van der Waals surface area contributed by atoms with Gasteiger partial charge in [0.25, 0.3) is 0 Å². The van der Waals surface area contributed by atoms with Crippen molar-refractivity contribution in [3.8, 4) is 0 Å². The van der Waals surface area contributed by atoms with Gasteiger partial charge >= 0.3 is 0 Å². The van der Waals surface area contributed by atoms with Crippen molar-refractivity contribution in [1.29, 1.82) is 0 Å². The molecular formula is C18H23FN2O2. The van der Waals surface area contributed by atoms with Crippen molar-refractivity contribution in [2.45, 2.75) is 32.6 Å². The van der Waals surface area contributed by atoms with E-state index in [2.05, 4.69) is 0 Å². The van der Waals surface area contributed by atoms with Crippen molar-refractivity contribution in [3.63, 3.8) is 0 Å². The molecule has 3 rings (SSSR count). The summed E-state index contributed by atoms with van der Waals surface area (Å²) in [6, 6.07) is 6.47. The monoisotopic (exact) mass is 318 g/mol. The van der Waals surface area contributed by atoms with E-state index in [1.54, 1.807) is 11.0 Å². The summed E-state index contributed by atoms with van der Waals surface area (Å²) in [4.78, 5) is 26.3. The smallest absolute Gasteiger partial charge is 0.229 e. The average Bonchev–Trinajstić information content (AvgIpc) is 2.84. The van der Waals surface area contributed by atoms with Crippen LogP contribution in [-0.2, 0) is 16.0 Å². The molecule has 5 heteroatoms. The molecule has 1 heterocycles. The fourth-order valence-electron chi connectivity index (χ4n) is 3.95. The van der Waals surface area contributed by atoms with Gasteiger partial charge in [0.15, 0.2) is 0 Å². The first-order valence-corrected chi connectivity index (χ1v) is 8.24. The predicted octanol–water partition coefficient (Wildman–Crippen LogP) is 2.12. The van der Waals surface area contributed by atoms with Crippen LogP contribution in [0.5, 0.6) is 0 Å². The van der Waals surface area contributed by atoms with Gasteiger partial charge in [-0.1, -0.05) is 25.5 Å². The first kappa shape index (κ1) is 16.0. The van der Waals surface area contributed by atoms with Crippen LogP contribution in [0.1, 0.15) is 31.7 Å². The number of nitrogens with zero attached hydrogens (tertiary/aromatic N) is 1. The molecule has 2 atom stereocenters. The van der Waals surface area contributed by atoms with Crippen LogP contribution in [0.15, 0.2) is 24.3 Å². The van der Waals surface area contributed by atoms with E-state index in [-0.39, 0.29) is 29.5 Å². The topological polar surface area (TPSA) is 63.4 Å². The molecule has 2 amide bonds. The molecule has 0 aromatic heterocycles. The normalized spacial score (nSPS) is 25.9. The van der Waals surface area contributed by atoms with Crippen LogP contribution in [0.2, 0.25) is 0 Å².